The Hall–Kier alpha value is -4.77. The van der Waals surface area contributed by atoms with E-state index in [1.807, 2.05) is 6.20 Å². The summed E-state index contributed by atoms with van der Waals surface area (Å²) in [5.74, 6) is 1.73. The van der Waals surface area contributed by atoms with Crippen molar-refractivity contribution in [1.29, 1.82) is 0 Å². The van der Waals surface area contributed by atoms with Crippen LogP contribution >= 0.6 is 0 Å². The Bertz CT molecular complexity index is 1670. The fraction of sp³-hybridized carbons (Fsp3) is 0.216. The predicted molar refractivity (Wildman–Crippen MR) is 176 cm³/mol. The molecular weight excluding hydrogens is 514 g/mol. The normalized spacial score (nSPS) is 13.0. The van der Waals surface area contributed by atoms with Gasteiger partial charge < -0.3 is 14.7 Å². The van der Waals surface area contributed by atoms with Gasteiger partial charge in [0.1, 0.15) is 5.82 Å². The molecule has 0 aliphatic carbocycles. The average Bonchev–Trinajstić information content (AvgIpc) is 3.67. The van der Waals surface area contributed by atoms with Crippen molar-refractivity contribution in [2.45, 2.75) is 39.5 Å². The zero-order valence-electron chi connectivity index (χ0n) is 25.1. The maximum absolute atomic E-state index is 4.91. The Morgan fingerprint density at radius 2 is 1.33 bits per heavy atom. The molecule has 0 radical (unpaired) electrons. The van der Waals surface area contributed by atoms with Gasteiger partial charge in [-0.2, -0.15) is 0 Å². The largest absolute Gasteiger partial charge is 0.361 e. The van der Waals surface area contributed by atoms with Crippen molar-refractivity contribution < 1.29 is 0 Å². The number of hydrogen-bond donors (Lipinski definition) is 0. The van der Waals surface area contributed by atoms with Gasteiger partial charge in [-0.25, -0.2) is 4.98 Å². The van der Waals surface area contributed by atoms with E-state index in [2.05, 4.69) is 170 Å². The van der Waals surface area contributed by atoms with E-state index in [4.69, 9.17) is 4.98 Å². The van der Waals surface area contributed by atoms with Crippen molar-refractivity contribution in [1.82, 2.24) is 14.5 Å². The average molecular weight is 554 g/mol. The lowest BCUT2D eigenvalue weighted by Crippen LogP contribution is -2.21. The molecule has 4 aromatic carbocycles. The molecule has 0 saturated heterocycles. The third kappa shape index (κ3) is 5.30. The van der Waals surface area contributed by atoms with Crippen LogP contribution < -0.4 is 9.80 Å². The molecule has 0 spiro atoms. The third-order valence-corrected chi connectivity index (χ3v) is 7.90. The first-order valence-corrected chi connectivity index (χ1v) is 14.8. The molecule has 2 heterocycles. The number of imidazole rings is 1. The molecule has 0 amide bonds. The lowest BCUT2D eigenvalue weighted by Gasteiger charge is -2.27. The second-order valence-corrected chi connectivity index (χ2v) is 11.6. The van der Waals surface area contributed by atoms with Gasteiger partial charge in [0.05, 0.1) is 12.4 Å². The maximum atomic E-state index is 4.91. The van der Waals surface area contributed by atoms with Crippen LogP contribution in [0, 0.1) is 0 Å². The molecule has 1 aliphatic heterocycles. The first-order chi connectivity index (χ1) is 20.4. The molecule has 0 bridgehead atoms. The van der Waals surface area contributed by atoms with Crippen LogP contribution in [0.4, 0.5) is 22.7 Å². The minimum atomic E-state index is 0.395. The van der Waals surface area contributed by atoms with Crippen LogP contribution in [0.3, 0.4) is 0 Å². The van der Waals surface area contributed by atoms with Crippen molar-refractivity contribution in [2.24, 2.45) is 0 Å². The van der Waals surface area contributed by atoms with Crippen LogP contribution in [0.1, 0.15) is 50.7 Å². The molecular formula is C37H39N5. The monoisotopic (exact) mass is 553 g/mol. The van der Waals surface area contributed by atoms with E-state index in [9.17, 15) is 0 Å². The highest BCUT2D eigenvalue weighted by molar-refractivity contribution is 5.81. The van der Waals surface area contributed by atoms with Crippen molar-refractivity contribution in [3.8, 4) is 17.1 Å². The van der Waals surface area contributed by atoms with Gasteiger partial charge in [0.2, 0.25) is 0 Å². The summed E-state index contributed by atoms with van der Waals surface area (Å²) in [5.41, 5.74) is 9.45. The van der Waals surface area contributed by atoms with Gasteiger partial charge >= 0.3 is 0 Å². The van der Waals surface area contributed by atoms with Crippen LogP contribution in [-0.4, -0.2) is 28.2 Å². The molecule has 212 valence electrons. The first kappa shape index (κ1) is 27.4. The summed E-state index contributed by atoms with van der Waals surface area (Å²) in [5, 5.41) is 0. The lowest BCUT2D eigenvalue weighted by atomic mass is 9.92. The van der Waals surface area contributed by atoms with Gasteiger partial charge in [0.15, 0.2) is 0 Å². The SMILES string of the molecule is CC(C)c1cccc(C(C)C)c1-n1ccnc1-c1cccc(N(c2ccccc2)c2cccc(N3C=CN(C)C3)c2)c1. The fourth-order valence-electron chi connectivity index (χ4n) is 5.80. The van der Waals surface area contributed by atoms with Crippen LogP contribution in [0.5, 0.6) is 0 Å². The summed E-state index contributed by atoms with van der Waals surface area (Å²) in [6.45, 7) is 9.90. The van der Waals surface area contributed by atoms with E-state index in [-0.39, 0.29) is 0 Å². The molecule has 0 atom stereocenters. The number of para-hydroxylation sites is 2. The second kappa shape index (κ2) is 11.6. The molecule has 5 nitrogen and oxygen atoms in total. The van der Waals surface area contributed by atoms with Gasteiger partial charge in [-0.15, -0.1) is 0 Å². The third-order valence-electron chi connectivity index (χ3n) is 7.90. The molecule has 6 rings (SSSR count). The van der Waals surface area contributed by atoms with Gasteiger partial charge in [0.25, 0.3) is 0 Å². The van der Waals surface area contributed by atoms with Gasteiger partial charge in [-0.1, -0.05) is 82.3 Å². The molecule has 0 unspecified atom stereocenters. The van der Waals surface area contributed by atoms with E-state index in [1.165, 1.54) is 16.8 Å². The molecule has 5 heteroatoms. The highest BCUT2D eigenvalue weighted by Crippen LogP contribution is 2.39. The van der Waals surface area contributed by atoms with Crippen molar-refractivity contribution >= 4 is 22.7 Å². The minimum Gasteiger partial charge on any atom is -0.361 e. The van der Waals surface area contributed by atoms with Crippen LogP contribution in [0.2, 0.25) is 0 Å². The van der Waals surface area contributed by atoms with E-state index in [0.29, 0.717) is 11.8 Å². The lowest BCUT2D eigenvalue weighted by molar-refractivity contribution is 0.496. The standard InChI is InChI=1S/C37H39N5/c1-27(2)34-18-11-19-35(28(3)4)36(34)41-21-20-38-37(41)29-12-9-16-32(24-29)42(30-13-7-6-8-14-30)33-17-10-15-31(25-33)40-23-22-39(5)26-40/h6-25,27-28H,26H2,1-5H3. The number of rotatable bonds is 8. The number of nitrogens with zero attached hydrogens (tertiary/aromatic N) is 5. The highest BCUT2D eigenvalue weighted by atomic mass is 15.3. The molecule has 42 heavy (non-hydrogen) atoms. The summed E-state index contributed by atoms with van der Waals surface area (Å²) >= 11 is 0. The Kier molecular flexibility index (Phi) is 7.58. The van der Waals surface area contributed by atoms with E-state index >= 15 is 0 Å². The Morgan fingerprint density at radius 1 is 0.690 bits per heavy atom. The Balaban J connectivity index is 1.47. The summed E-state index contributed by atoms with van der Waals surface area (Å²) in [7, 11) is 2.09. The smallest absolute Gasteiger partial charge is 0.144 e. The fourth-order valence-corrected chi connectivity index (χ4v) is 5.80. The van der Waals surface area contributed by atoms with Crippen LogP contribution in [0.15, 0.2) is 122 Å². The predicted octanol–water partition coefficient (Wildman–Crippen LogP) is 9.44. The molecule has 0 saturated carbocycles. The molecule has 1 aromatic heterocycles. The highest BCUT2D eigenvalue weighted by Gasteiger charge is 2.20. The summed E-state index contributed by atoms with van der Waals surface area (Å²) in [6.07, 6.45) is 8.26. The quantitative estimate of drug-likeness (QED) is 0.191. The topological polar surface area (TPSA) is 27.5 Å². The molecule has 0 fully saturated rings. The van der Waals surface area contributed by atoms with Crippen molar-refractivity contribution in [3.05, 3.63) is 133 Å². The van der Waals surface area contributed by atoms with E-state index in [1.54, 1.807) is 0 Å². The van der Waals surface area contributed by atoms with Gasteiger partial charge in [0, 0.05) is 60.2 Å². The van der Waals surface area contributed by atoms with Crippen molar-refractivity contribution in [2.75, 3.05) is 23.5 Å². The zero-order valence-corrected chi connectivity index (χ0v) is 25.1. The summed E-state index contributed by atoms with van der Waals surface area (Å²) < 4.78 is 2.29. The number of aromatic nitrogens is 2. The van der Waals surface area contributed by atoms with E-state index < -0.39 is 0 Å². The number of benzene rings is 4. The van der Waals surface area contributed by atoms with Gasteiger partial charge in [-0.3, -0.25) is 4.57 Å². The van der Waals surface area contributed by atoms with Crippen LogP contribution in [-0.2, 0) is 0 Å². The molecule has 0 N–H and O–H groups in total. The summed E-state index contributed by atoms with van der Waals surface area (Å²) in [4.78, 5) is 11.7. The van der Waals surface area contributed by atoms with E-state index in [0.717, 1.165) is 40.8 Å². The number of hydrogen-bond acceptors (Lipinski definition) is 4. The maximum Gasteiger partial charge on any atom is 0.144 e. The minimum absolute atomic E-state index is 0.395. The first-order valence-electron chi connectivity index (χ1n) is 14.8. The zero-order chi connectivity index (χ0) is 29.2. The van der Waals surface area contributed by atoms with Crippen molar-refractivity contribution in [3.63, 3.8) is 0 Å². The Morgan fingerprint density at radius 3 is 2.00 bits per heavy atom. The molecule has 1 aliphatic rings. The second-order valence-electron chi connectivity index (χ2n) is 11.6. The summed E-state index contributed by atoms with van der Waals surface area (Å²) in [6, 6.07) is 34.8. The Labute approximate surface area is 250 Å². The molecule has 5 aromatic rings. The van der Waals surface area contributed by atoms with Crippen LogP contribution in [0.25, 0.3) is 17.1 Å². The number of anilines is 4. The van der Waals surface area contributed by atoms with Gasteiger partial charge in [-0.05, 0) is 65.4 Å².